The first-order valence-corrected chi connectivity index (χ1v) is 22.4. The predicted molar refractivity (Wildman–Crippen MR) is 262 cm³/mol. The normalized spacial score (nSPS) is 15.7. The Morgan fingerprint density at radius 2 is 1.40 bits per heavy atom. The van der Waals surface area contributed by atoms with Gasteiger partial charge in [0.25, 0.3) is 0 Å². The molecular formula is C55H76ClN. The van der Waals surface area contributed by atoms with Crippen molar-refractivity contribution < 1.29 is 0 Å². The van der Waals surface area contributed by atoms with Gasteiger partial charge in [-0.3, -0.25) is 0 Å². The quantitative estimate of drug-likeness (QED) is 0.0670. The highest BCUT2D eigenvalue weighted by molar-refractivity contribution is 6.15. The smallest absolute Gasteiger partial charge is 0.0454 e. The minimum Gasteiger partial charge on any atom is -0.347 e. The largest absolute Gasteiger partial charge is 0.347 e. The second kappa shape index (κ2) is 24.0. The van der Waals surface area contributed by atoms with Gasteiger partial charge in [-0.1, -0.05) is 185 Å². The fourth-order valence-corrected chi connectivity index (χ4v) is 8.16. The van der Waals surface area contributed by atoms with Crippen LogP contribution in [-0.4, -0.2) is 13.4 Å². The summed E-state index contributed by atoms with van der Waals surface area (Å²) in [5, 5.41) is 5.27. The predicted octanol–water partition coefficient (Wildman–Crippen LogP) is 17.5. The van der Waals surface area contributed by atoms with Crippen LogP contribution in [0.4, 0.5) is 5.69 Å². The van der Waals surface area contributed by atoms with E-state index in [1.807, 2.05) is 27.7 Å². The summed E-state index contributed by atoms with van der Waals surface area (Å²) in [5.74, 6) is 0. The van der Waals surface area contributed by atoms with Crippen molar-refractivity contribution in [3.05, 3.63) is 161 Å². The number of unbranched alkanes of at least 4 members (excludes halogenated alkanes) is 3. The lowest BCUT2D eigenvalue weighted by Crippen LogP contribution is -2.22. The van der Waals surface area contributed by atoms with Crippen LogP contribution < -0.4 is 4.90 Å². The van der Waals surface area contributed by atoms with Crippen LogP contribution in [0.5, 0.6) is 0 Å². The molecule has 1 heterocycles. The Morgan fingerprint density at radius 3 is 2.04 bits per heavy atom. The third-order valence-corrected chi connectivity index (χ3v) is 11.2. The Hall–Kier alpha value is -4.07. The summed E-state index contributed by atoms with van der Waals surface area (Å²) in [7, 11) is 2.21. The first kappa shape index (κ1) is 49.1. The Balaban J connectivity index is 0.000000649. The number of anilines is 1. The molecule has 4 aromatic carbocycles. The average molecular weight is 787 g/mol. The van der Waals surface area contributed by atoms with Gasteiger partial charge < -0.3 is 4.90 Å². The van der Waals surface area contributed by atoms with Crippen LogP contribution >= 0.6 is 11.6 Å². The topological polar surface area (TPSA) is 3.24 Å². The zero-order valence-corrected chi connectivity index (χ0v) is 39.0. The number of halogens is 1. The maximum absolute atomic E-state index is 4.64. The van der Waals surface area contributed by atoms with Crippen LogP contribution in [0, 0.1) is 6.92 Å². The lowest BCUT2D eigenvalue weighted by molar-refractivity contribution is 0.643. The second-order valence-electron chi connectivity index (χ2n) is 16.0. The van der Waals surface area contributed by atoms with E-state index in [4.69, 9.17) is 0 Å². The van der Waals surface area contributed by atoms with E-state index in [0.717, 1.165) is 18.4 Å². The van der Waals surface area contributed by atoms with Gasteiger partial charge in [-0.25, -0.2) is 0 Å². The molecule has 0 saturated carbocycles. The van der Waals surface area contributed by atoms with Crippen molar-refractivity contribution in [3.63, 3.8) is 0 Å². The summed E-state index contributed by atoms with van der Waals surface area (Å²) in [5.41, 5.74) is 11.8. The van der Waals surface area contributed by atoms with Gasteiger partial charge in [-0.05, 0) is 113 Å². The van der Waals surface area contributed by atoms with Crippen molar-refractivity contribution >= 4 is 38.8 Å². The molecular weight excluding hydrogens is 710 g/mol. The van der Waals surface area contributed by atoms with E-state index in [1.54, 1.807) is 0 Å². The molecule has 0 saturated heterocycles. The van der Waals surface area contributed by atoms with Crippen molar-refractivity contribution in [2.45, 2.75) is 138 Å². The number of likely N-dealkylation sites (N-methyl/N-ethyl adjacent to an activating group) is 1. The zero-order valence-electron chi connectivity index (χ0n) is 38.2. The molecule has 0 N–H and O–H groups in total. The van der Waals surface area contributed by atoms with Crippen LogP contribution in [-0.2, 0) is 10.8 Å². The number of aryl methyl sites for hydroxylation is 1. The fourth-order valence-electron chi connectivity index (χ4n) is 8.16. The van der Waals surface area contributed by atoms with Crippen LogP contribution in [0.1, 0.15) is 137 Å². The van der Waals surface area contributed by atoms with Gasteiger partial charge in [0.05, 0.1) is 0 Å². The number of benzene rings is 4. The Morgan fingerprint density at radius 1 is 0.807 bits per heavy atom. The second-order valence-corrected chi connectivity index (χ2v) is 16.0. The van der Waals surface area contributed by atoms with Gasteiger partial charge in [0.2, 0.25) is 0 Å². The molecule has 4 aromatic rings. The molecule has 0 atom stereocenters. The number of alkyl halides is 1. The van der Waals surface area contributed by atoms with Gasteiger partial charge >= 0.3 is 0 Å². The van der Waals surface area contributed by atoms with E-state index < -0.39 is 0 Å². The lowest BCUT2D eigenvalue weighted by Gasteiger charge is -2.30. The van der Waals surface area contributed by atoms with Crippen molar-refractivity contribution in [2.24, 2.45) is 0 Å². The van der Waals surface area contributed by atoms with Gasteiger partial charge in [0.15, 0.2) is 0 Å². The van der Waals surface area contributed by atoms with E-state index in [-0.39, 0.29) is 10.8 Å². The Labute approximate surface area is 355 Å². The number of fused-ring (bicyclic) bond motifs is 4. The molecule has 2 heteroatoms. The standard InChI is InChI=1S/C41H43N.C9H18.2C2H6.CH3Cl/c1-28-19-23-32-15-8-10-17-34(32)38(28)40(3,4)29(2)20-21-30-13-12-14-31(27-30)22-26-37-41(5,6)39-35-18-11-9-16-33(35)24-25-36(39)42(37)7;1-4-5-6-7-8-9(2)3;3*1-2/h8-11,15-27H,2,12-14H2,1,3-7H3;2,4-8H2,1,3H3;2*1-2H3;1H3/b21-20+,31-22+,37-26+;;;;. The first-order valence-electron chi connectivity index (χ1n) is 21.6. The van der Waals surface area contributed by atoms with E-state index in [0.29, 0.717) is 0 Å². The van der Waals surface area contributed by atoms with Gasteiger partial charge in [-0.2, -0.15) is 0 Å². The molecule has 0 fully saturated rings. The van der Waals surface area contributed by atoms with E-state index in [9.17, 15) is 0 Å². The molecule has 308 valence electrons. The molecule has 0 amide bonds. The summed E-state index contributed by atoms with van der Waals surface area (Å²) >= 11 is 4.64. The van der Waals surface area contributed by atoms with Crippen LogP contribution in [0.2, 0.25) is 0 Å². The summed E-state index contributed by atoms with van der Waals surface area (Å²) < 4.78 is 0. The molecule has 6 rings (SSSR count). The van der Waals surface area contributed by atoms with Crippen LogP contribution in [0.15, 0.2) is 144 Å². The van der Waals surface area contributed by atoms with Crippen molar-refractivity contribution in [1.29, 1.82) is 0 Å². The van der Waals surface area contributed by atoms with Crippen molar-refractivity contribution in [2.75, 3.05) is 18.3 Å². The third-order valence-electron chi connectivity index (χ3n) is 11.2. The number of hydrogen-bond acceptors (Lipinski definition) is 1. The molecule has 1 nitrogen and oxygen atoms in total. The molecule has 1 aliphatic heterocycles. The van der Waals surface area contributed by atoms with Crippen molar-refractivity contribution in [1.82, 2.24) is 0 Å². The number of rotatable bonds is 10. The maximum Gasteiger partial charge on any atom is 0.0454 e. The molecule has 1 aliphatic carbocycles. The molecule has 57 heavy (non-hydrogen) atoms. The van der Waals surface area contributed by atoms with Crippen LogP contribution in [0.3, 0.4) is 0 Å². The Kier molecular flexibility index (Phi) is 20.7. The van der Waals surface area contributed by atoms with E-state index in [2.05, 4.69) is 188 Å². The molecule has 0 aromatic heterocycles. The fraction of sp³-hybridized carbons (Fsp3) is 0.418. The minimum absolute atomic E-state index is 0.0633. The highest BCUT2D eigenvalue weighted by Crippen LogP contribution is 2.50. The minimum atomic E-state index is -0.169. The highest BCUT2D eigenvalue weighted by Gasteiger charge is 2.39. The number of hydrogen-bond donors (Lipinski definition) is 0. The van der Waals surface area contributed by atoms with Crippen molar-refractivity contribution in [3.8, 4) is 0 Å². The maximum atomic E-state index is 4.64. The molecule has 0 unspecified atom stereocenters. The van der Waals surface area contributed by atoms with Gasteiger partial charge in [-0.15, -0.1) is 18.2 Å². The SMILES string of the molecule is C=C(/C=C/C1=CC(=C/C=C2/N(C)c3ccc4ccccc4c3C2(C)C)/CCC1)C(C)(C)c1c(C)ccc2ccccc12.C=C(C)CCCCCC.CC.CC.CCl. The zero-order chi connectivity index (χ0) is 42.8. The highest BCUT2D eigenvalue weighted by atomic mass is 35.5. The first-order chi connectivity index (χ1) is 27.4. The van der Waals surface area contributed by atoms with E-state index >= 15 is 0 Å². The number of nitrogens with zero attached hydrogens (tertiary/aromatic N) is 1. The summed E-state index contributed by atoms with van der Waals surface area (Å²) in [6.07, 6.45) is 23.2. The Bertz CT molecular complexity index is 2030. The van der Waals surface area contributed by atoms with Gasteiger partial charge in [0, 0.05) is 35.6 Å². The molecule has 2 aliphatic rings. The summed E-state index contributed by atoms with van der Waals surface area (Å²) in [4.78, 5) is 2.38. The van der Waals surface area contributed by atoms with Gasteiger partial charge in [0.1, 0.15) is 0 Å². The average Bonchev–Trinajstić information content (AvgIpc) is 3.43. The number of allylic oxidation sites excluding steroid dienone is 10. The third kappa shape index (κ3) is 12.5. The van der Waals surface area contributed by atoms with E-state index in [1.165, 1.54) is 111 Å². The van der Waals surface area contributed by atoms with Crippen LogP contribution in [0.25, 0.3) is 21.5 Å². The monoisotopic (exact) mass is 786 g/mol. The molecule has 0 radical (unpaired) electrons. The summed E-state index contributed by atoms with van der Waals surface area (Å²) in [6.45, 7) is 32.3. The summed E-state index contributed by atoms with van der Waals surface area (Å²) in [6, 6.07) is 26.5. The molecule has 0 bridgehead atoms. The molecule has 0 spiro atoms. The lowest BCUT2D eigenvalue weighted by atomic mass is 9.74.